The van der Waals surface area contributed by atoms with Crippen LogP contribution in [0, 0.1) is 0 Å². The molecule has 0 atom stereocenters. The van der Waals surface area contributed by atoms with Crippen molar-refractivity contribution < 1.29 is 52.4 Å². The van der Waals surface area contributed by atoms with Gasteiger partial charge in [-0.15, -0.1) is 0 Å². The fraction of sp³-hybridized carbons (Fsp3) is 0.214. The van der Waals surface area contributed by atoms with Crippen LogP contribution >= 0.6 is 0 Å². The van der Waals surface area contributed by atoms with Crippen molar-refractivity contribution in [2.75, 3.05) is 26.4 Å². The maximum absolute atomic E-state index is 12.9. The number of Topliss-reactive ketones (excluding diaryl/α,β-unsaturated/α-hetero) is 1. The molecular weight excluding hydrogens is 680 g/mol. The normalized spacial score (nSPS) is 10.3. The quantitative estimate of drug-likeness (QED) is 0.0281. The van der Waals surface area contributed by atoms with Gasteiger partial charge in [-0.05, 0) is 116 Å². The third kappa shape index (κ3) is 13.6. The third-order valence-electron chi connectivity index (χ3n) is 7.50. The predicted molar refractivity (Wildman–Crippen MR) is 195 cm³/mol. The summed E-state index contributed by atoms with van der Waals surface area (Å²) in [7, 11) is 0. The molecule has 4 aromatic carbocycles. The van der Waals surface area contributed by atoms with Gasteiger partial charge in [0.1, 0.15) is 23.0 Å². The summed E-state index contributed by atoms with van der Waals surface area (Å²) in [5, 5.41) is 0. The first-order valence-corrected chi connectivity index (χ1v) is 16.9. The van der Waals surface area contributed by atoms with Crippen molar-refractivity contribution in [3.05, 3.63) is 145 Å². The Balaban J connectivity index is 1.16. The minimum atomic E-state index is -0.555. The molecular formula is C42H40O11. The van der Waals surface area contributed by atoms with Crippen LogP contribution in [0.15, 0.2) is 122 Å². The Morgan fingerprint density at radius 1 is 0.453 bits per heavy atom. The Morgan fingerprint density at radius 2 is 0.811 bits per heavy atom. The van der Waals surface area contributed by atoms with Crippen molar-refractivity contribution in [3.63, 3.8) is 0 Å². The number of benzene rings is 4. The van der Waals surface area contributed by atoms with Gasteiger partial charge in [0, 0.05) is 24.1 Å². The fourth-order valence-corrected chi connectivity index (χ4v) is 4.63. The molecule has 4 aromatic rings. The number of esters is 4. The number of ether oxygens (including phenoxy) is 6. The molecule has 0 aliphatic rings. The fourth-order valence-electron chi connectivity index (χ4n) is 4.63. The summed E-state index contributed by atoms with van der Waals surface area (Å²) >= 11 is 0. The Hall–Kier alpha value is -6.49. The SMILES string of the molecule is C=CC(=O)OCCCCOc1ccc(C(=O)Oc2ccc(CC(=O)c3ccc(OC(=O)c4ccc(OCCCCOC(=O)C=C)cc4)cc3)cc2)cc1. The van der Waals surface area contributed by atoms with E-state index in [0.717, 1.165) is 17.7 Å². The summed E-state index contributed by atoms with van der Waals surface area (Å²) in [5.74, 6) is -0.331. The molecule has 274 valence electrons. The van der Waals surface area contributed by atoms with Gasteiger partial charge in [-0.1, -0.05) is 25.3 Å². The number of rotatable bonds is 21. The summed E-state index contributed by atoms with van der Waals surface area (Å²) in [6.07, 6.45) is 5.04. The van der Waals surface area contributed by atoms with Crippen LogP contribution < -0.4 is 18.9 Å². The van der Waals surface area contributed by atoms with E-state index in [1.807, 2.05) is 0 Å². The van der Waals surface area contributed by atoms with Gasteiger partial charge in [-0.3, -0.25) is 4.79 Å². The van der Waals surface area contributed by atoms with Gasteiger partial charge in [-0.25, -0.2) is 19.2 Å². The molecule has 0 aliphatic carbocycles. The van der Waals surface area contributed by atoms with Crippen LogP contribution in [0.2, 0.25) is 0 Å². The standard InChI is InChI=1S/C42H40O11/c1-3-39(44)50-27-7-5-25-48-34-19-13-32(14-20-34)41(46)52-36-17-9-30(10-18-36)29-38(43)31-11-23-37(24-12-31)53-42(47)33-15-21-35(22-16-33)49-26-6-8-28-51-40(45)4-2/h3-4,9-24H,1-2,5-8,25-29H2. The summed E-state index contributed by atoms with van der Waals surface area (Å²) in [6.45, 7) is 8.14. The van der Waals surface area contributed by atoms with Crippen molar-refractivity contribution in [1.29, 1.82) is 0 Å². The molecule has 0 bridgehead atoms. The number of unbranched alkanes of at least 4 members (excludes halogenated alkanes) is 2. The zero-order chi connectivity index (χ0) is 37.8. The summed E-state index contributed by atoms with van der Waals surface area (Å²) < 4.78 is 32.1. The highest BCUT2D eigenvalue weighted by Crippen LogP contribution is 2.20. The van der Waals surface area contributed by atoms with E-state index >= 15 is 0 Å². The van der Waals surface area contributed by atoms with Gasteiger partial charge < -0.3 is 28.4 Å². The van der Waals surface area contributed by atoms with E-state index in [0.29, 0.717) is 86.0 Å². The lowest BCUT2D eigenvalue weighted by Gasteiger charge is -2.09. The van der Waals surface area contributed by atoms with Crippen molar-refractivity contribution in [1.82, 2.24) is 0 Å². The van der Waals surface area contributed by atoms with E-state index in [-0.39, 0.29) is 18.0 Å². The van der Waals surface area contributed by atoms with E-state index in [4.69, 9.17) is 28.4 Å². The Labute approximate surface area is 307 Å². The zero-order valence-corrected chi connectivity index (χ0v) is 29.2. The highest BCUT2D eigenvalue weighted by molar-refractivity contribution is 5.98. The third-order valence-corrected chi connectivity index (χ3v) is 7.50. The summed E-state index contributed by atoms with van der Waals surface area (Å²) in [4.78, 5) is 60.3. The second-order valence-corrected chi connectivity index (χ2v) is 11.5. The molecule has 0 spiro atoms. The molecule has 11 heteroatoms. The molecule has 0 radical (unpaired) electrons. The molecule has 0 heterocycles. The molecule has 0 aromatic heterocycles. The van der Waals surface area contributed by atoms with Crippen LogP contribution in [-0.2, 0) is 25.5 Å². The van der Waals surface area contributed by atoms with Gasteiger partial charge in [-0.2, -0.15) is 0 Å². The van der Waals surface area contributed by atoms with Crippen molar-refractivity contribution in [2.45, 2.75) is 32.1 Å². The first-order valence-electron chi connectivity index (χ1n) is 16.9. The minimum absolute atomic E-state index is 0.117. The maximum Gasteiger partial charge on any atom is 0.343 e. The van der Waals surface area contributed by atoms with Crippen molar-refractivity contribution >= 4 is 29.7 Å². The Bertz CT molecular complexity index is 1840. The van der Waals surface area contributed by atoms with Gasteiger partial charge in [0.05, 0.1) is 37.6 Å². The Morgan fingerprint density at radius 3 is 1.23 bits per heavy atom. The highest BCUT2D eigenvalue weighted by Gasteiger charge is 2.13. The van der Waals surface area contributed by atoms with E-state index in [1.165, 1.54) is 0 Å². The lowest BCUT2D eigenvalue weighted by atomic mass is 10.0. The van der Waals surface area contributed by atoms with Gasteiger partial charge in [0.2, 0.25) is 0 Å². The van der Waals surface area contributed by atoms with E-state index in [1.54, 1.807) is 97.1 Å². The average molecular weight is 721 g/mol. The largest absolute Gasteiger partial charge is 0.494 e. The molecule has 53 heavy (non-hydrogen) atoms. The molecule has 0 saturated carbocycles. The molecule has 0 N–H and O–H groups in total. The predicted octanol–water partition coefficient (Wildman–Crippen LogP) is 7.33. The van der Waals surface area contributed by atoms with E-state index in [9.17, 15) is 24.0 Å². The number of carbonyl (C=O) groups excluding carboxylic acids is 5. The van der Waals surface area contributed by atoms with Crippen molar-refractivity contribution in [3.8, 4) is 23.0 Å². The number of hydrogen-bond donors (Lipinski definition) is 0. The molecule has 0 amide bonds. The molecule has 4 rings (SSSR count). The first kappa shape index (κ1) is 39.3. The number of ketones is 1. The van der Waals surface area contributed by atoms with Crippen LogP contribution in [0.4, 0.5) is 0 Å². The molecule has 0 saturated heterocycles. The second kappa shape index (κ2) is 21.0. The number of carbonyl (C=O) groups is 5. The molecule has 0 fully saturated rings. The topological polar surface area (TPSA) is 141 Å². The second-order valence-electron chi connectivity index (χ2n) is 11.5. The molecule has 0 aliphatic heterocycles. The average Bonchev–Trinajstić information content (AvgIpc) is 3.18. The van der Waals surface area contributed by atoms with Gasteiger partial charge in [0.15, 0.2) is 5.78 Å². The number of hydrogen-bond acceptors (Lipinski definition) is 11. The Kier molecular flexibility index (Phi) is 15.6. The van der Waals surface area contributed by atoms with E-state index in [2.05, 4.69) is 13.2 Å². The van der Waals surface area contributed by atoms with Crippen LogP contribution in [0.25, 0.3) is 0 Å². The van der Waals surface area contributed by atoms with Crippen molar-refractivity contribution in [2.24, 2.45) is 0 Å². The molecule has 11 nitrogen and oxygen atoms in total. The molecule has 0 unspecified atom stereocenters. The van der Waals surface area contributed by atoms with Crippen LogP contribution in [-0.4, -0.2) is 56.1 Å². The van der Waals surface area contributed by atoms with E-state index < -0.39 is 23.9 Å². The zero-order valence-electron chi connectivity index (χ0n) is 29.2. The maximum atomic E-state index is 12.9. The minimum Gasteiger partial charge on any atom is -0.494 e. The lowest BCUT2D eigenvalue weighted by molar-refractivity contribution is -0.138. The van der Waals surface area contributed by atoms with Gasteiger partial charge in [0.25, 0.3) is 0 Å². The van der Waals surface area contributed by atoms with Crippen LogP contribution in [0.3, 0.4) is 0 Å². The smallest absolute Gasteiger partial charge is 0.343 e. The van der Waals surface area contributed by atoms with Gasteiger partial charge >= 0.3 is 23.9 Å². The lowest BCUT2D eigenvalue weighted by Crippen LogP contribution is -2.09. The van der Waals surface area contributed by atoms with Crippen LogP contribution in [0.5, 0.6) is 23.0 Å². The van der Waals surface area contributed by atoms with Crippen LogP contribution in [0.1, 0.15) is 62.3 Å². The summed E-state index contributed by atoms with van der Waals surface area (Å²) in [6, 6.07) is 26.1. The monoisotopic (exact) mass is 720 g/mol. The first-order chi connectivity index (χ1) is 25.7. The highest BCUT2D eigenvalue weighted by atomic mass is 16.5. The summed E-state index contributed by atoms with van der Waals surface area (Å²) in [5.41, 5.74) is 1.86.